The Labute approximate surface area is 101 Å². The van der Waals surface area contributed by atoms with Gasteiger partial charge in [-0.15, -0.1) is 0 Å². The summed E-state index contributed by atoms with van der Waals surface area (Å²) in [7, 11) is 1.72. The zero-order valence-corrected chi connectivity index (χ0v) is 10.4. The minimum Gasteiger partial charge on any atom is -0.463 e. The number of unbranched alkanes of at least 4 members (excludes halogenated alkanes) is 3. The van der Waals surface area contributed by atoms with Crippen LogP contribution in [0, 0.1) is 0 Å². The van der Waals surface area contributed by atoms with E-state index in [4.69, 9.17) is 16.3 Å². The molecule has 0 aliphatic heterocycles. The highest BCUT2D eigenvalue weighted by atomic mass is 35.5. The Kier molecular flexibility index (Phi) is 5.85. The minimum atomic E-state index is 0.142. The number of nitrogens with zero attached hydrogens (tertiary/aromatic N) is 3. The standard InChI is InChI=1S/C10H17ClN4O/c1-3-4-5-6-7-16-10-14-8(11)13-9(12-2)15-10/h3-7H2,1-2H3,(H,12,13,14,15). The predicted molar refractivity (Wildman–Crippen MR) is 64.0 cm³/mol. The number of hydrogen-bond acceptors (Lipinski definition) is 5. The molecule has 0 unspecified atom stereocenters. The van der Waals surface area contributed by atoms with Gasteiger partial charge in [-0.25, -0.2) is 0 Å². The van der Waals surface area contributed by atoms with Crippen LogP contribution in [0.4, 0.5) is 5.95 Å². The molecule has 0 aliphatic rings. The molecule has 1 heterocycles. The van der Waals surface area contributed by atoms with E-state index in [1.165, 1.54) is 12.8 Å². The van der Waals surface area contributed by atoms with Crippen molar-refractivity contribution in [2.45, 2.75) is 32.6 Å². The number of halogens is 1. The van der Waals surface area contributed by atoms with Gasteiger partial charge in [0.1, 0.15) is 0 Å². The third-order valence-corrected chi connectivity index (χ3v) is 2.21. The van der Waals surface area contributed by atoms with Crippen molar-refractivity contribution in [3.05, 3.63) is 5.28 Å². The Hall–Kier alpha value is -1.10. The van der Waals surface area contributed by atoms with Crippen molar-refractivity contribution in [3.63, 3.8) is 0 Å². The molecule has 5 nitrogen and oxygen atoms in total. The van der Waals surface area contributed by atoms with Gasteiger partial charge >= 0.3 is 6.01 Å². The van der Waals surface area contributed by atoms with Crippen LogP contribution in [0.15, 0.2) is 0 Å². The maximum absolute atomic E-state index is 5.71. The Morgan fingerprint density at radius 3 is 2.69 bits per heavy atom. The molecule has 0 spiro atoms. The van der Waals surface area contributed by atoms with Gasteiger partial charge in [0, 0.05) is 7.05 Å². The van der Waals surface area contributed by atoms with Gasteiger partial charge in [-0.2, -0.15) is 15.0 Å². The summed E-state index contributed by atoms with van der Waals surface area (Å²) in [6.45, 7) is 2.79. The molecule has 0 fully saturated rings. The number of rotatable bonds is 7. The number of hydrogen-bond donors (Lipinski definition) is 1. The van der Waals surface area contributed by atoms with Crippen LogP contribution in [0.25, 0.3) is 0 Å². The van der Waals surface area contributed by atoms with Gasteiger partial charge in [-0.3, -0.25) is 0 Å². The van der Waals surface area contributed by atoms with Crippen molar-refractivity contribution in [1.82, 2.24) is 15.0 Å². The topological polar surface area (TPSA) is 59.9 Å². The third-order valence-electron chi connectivity index (χ3n) is 2.04. The van der Waals surface area contributed by atoms with E-state index in [1.54, 1.807) is 7.05 Å². The molecule has 1 aromatic rings. The van der Waals surface area contributed by atoms with E-state index in [2.05, 4.69) is 27.2 Å². The van der Waals surface area contributed by atoms with Crippen LogP contribution < -0.4 is 10.1 Å². The first-order valence-electron chi connectivity index (χ1n) is 5.48. The largest absolute Gasteiger partial charge is 0.463 e. The molecule has 0 bridgehead atoms. The van der Waals surface area contributed by atoms with Crippen molar-refractivity contribution in [2.24, 2.45) is 0 Å². The maximum atomic E-state index is 5.71. The summed E-state index contributed by atoms with van der Waals surface area (Å²) < 4.78 is 5.39. The predicted octanol–water partition coefficient (Wildman–Crippen LogP) is 2.53. The smallest absolute Gasteiger partial charge is 0.322 e. The summed E-state index contributed by atoms with van der Waals surface area (Å²) in [6.07, 6.45) is 4.60. The lowest BCUT2D eigenvalue weighted by atomic mass is 10.2. The normalized spacial score (nSPS) is 10.2. The molecule has 0 amide bonds. The van der Waals surface area contributed by atoms with Crippen molar-refractivity contribution in [2.75, 3.05) is 19.0 Å². The monoisotopic (exact) mass is 244 g/mol. The number of nitrogens with one attached hydrogen (secondary N) is 1. The summed E-state index contributed by atoms with van der Waals surface area (Å²) in [4.78, 5) is 11.8. The molecule has 0 saturated heterocycles. The average Bonchev–Trinajstić information content (AvgIpc) is 2.28. The van der Waals surface area contributed by atoms with Gasteiger partial charge in [0.2, 0.25) is 11.2 Å². The molecule has 16 heavy (non-hydrogen) atoms. The van der Waals surface area contributed by atoms with Crippen LogP contribution in [0.2, 0.25) is 5.28 Å². The van der Waals surface area contributed by atoms with E-state index in [0.29, 0.717) is 12.6 Å². The highest BCUT2D eigenvalue weighted by molar-refractivity contribution is 6.28. The SMILES string of the molecule is CCCCCCOc1nc(Cl)nc(NC)n1. The molecule has 0 aliphatic carbocycles. The molecule has 0 saturated carbocycles. The van der Waals surface area contributed by atoms with Crippen molar-refractivity contribution < 1.29 is 4.74 Å². The first-order chi connectivity index (χ1) is 7.76. The molecule has 0 radical (unpaired) electrons. The van der Waals surface area contributed by atoms with Crippen molar-refractivity contribution >= 4 is 17.5 Å². The third kappa shape index (κ3) is 4.61. The first-order valence-corrected chi connectivity index (χ1v) is 5.86. The molecule has 90 valence electrons. The van der Waals surface area contributed by atoms with Gasteiger partial charge in [0.25, 0.3) is 0 Å². The molecule has 6 heteroatoms. The second-order valence-corrected chi connectivity index (χ2v) is 3.71. The van der Waals surface area contributed by atoms with E-state index >= 15 is 0 Å². The number of ether oxygens (including phenoxy) is 1. The molecule has 1 aromatic heterocycles. The summed E-state index contributed by atoms with van der Waals surface area (Å²) >= 11 is 5.71. The van der Waals surface area contributed by atoms with Crippen LogP contribution in [-0.4, -0.2) is 28.6 Å². The van der Waals surface area contributed by atoms with Gasteiger partial charge in [-0.05, 0) is 18.0 Å². The van der Waals surface area contributed by atoms with Gasteiger partial charge in [0.15, 0.2) is 0 Å². The first kappa shape index (κ1) is 13.0. The molecule has 0 atom stereocenters. The quantitative estimate of drug-likeness (QED) is 0.747. The van der Waals surface area contributed by atoms with Crippen LogP contribution in [0.1, 0.15) is 32.6 Å². The van der Waals surface area contributed by atoms with E-state index in [1.807, 2.05) is 0 Å². The van der Waals surface area contributed by atoms with E-state index < -0.39 is 0 Å². The fourth-order valence-corrected chi connectivity index (χ4v) is 1.35. The fraction of sp³-hybridized carbons (Fsp3) is 0.700. The Bertz CT molecular complexity index is 322. The van der Waals surface area contributed by atoms with Crippen LogP contribution in [0.3, 0.4) is 0 Å². The summed E-state index contributed by atoms with van der Waals surface area (Å²) in [5, 5.41) is 2.93. The van der Waals surface area contributed by atoms with E-state index in [9.17, 15) is 0 Å². The Morgan fingerprint density at radius 1 is 1.19 bits per heavy atom. The molecular weight excluding hydrogens is 228 g/mol. The highest BCUT2D eigenvalue weighted by Gasteiger charge is 2.04. The van der Waals surface area contributed by atoms with Crippen LogP contribution in [-0.2, 0) is 0 Å². The van der Waals surface area contributed by atoms with Gasteiger partial charge in [0.05, 0.1) is 6.61 Å². The van der Waals surface area contributed by atoms with Crippen LogP contribution >= 0.6 is 11.6 Å². The lowest BCUT2D eigenvalue weighted by Crippen LogP contribution is -2.05. The number of aromatic nitrogens is 3. The van der Waals surface area contributed by atoms with Crippen molar-refractivity contribution in [1.29, 1.82) is 0 Å². The minimum absolute atomic E-state index is 0.142. The summed E-state index contributed by atoms with van der Waals surface area (Å²) in [5.74, 6) is 0.420. The molecule has 0 aromatic carbocycles. The van der Waals surface area contributed by atoms with Gasteiger partial charge < -0.3 is 10.1 Å². The fourth-order valence-electron chi connectivity index (χ4n) is 1.20. The van der Waals surface area contributed by atoms with Crippen LogP contribution in [0.5, 0.6) is 6.01 Å². The Morgan fingerprint density at radius 2 is 2.00 bits per heavy atom. The second-order valence-electron chi connectivity index (χ2n) is 3.37. The average molecular weight is 245 g/mol. The Balaban J connectivity index is 2.38. The second kappa shape index (κ2) is 7.22. The molecule has 1 rings (SSSR count). The molecular formula is C10H17ClN4O. The number of anilines is 1. The van der Waals surface area contributed by atoms with E-state index in [-0.39, 0.29) is 11.3 Å². The van der Waals surface area contributed by atoms with Gasteiger partial charge in [-0.1, -0.05) is 26.2 Å². The zero-order chi connectivity index (χ0) is 11.8. The lowest BCUT2D eigenvalue weighted by Gasteiger charge is -2.05. The highest BCUT2D eigenvalue weighted by Crippen LogP contribution is 2.11. The maximum Gasteiger partial charge on any atom is 0.322 e. The summed E-state index contributed by atoms with van der Waals surface area (Å²) in [5.41, 5.74) is 0. The van der Waals surface area contributed by atoms with E-state index in [0.717, 1.165) is 12.8 Å². The molecule has 1 N–H and O–H groups in total. The lowest BCUT2D eigenvalue weighted by molar-refractivity contribution is 0.281. The van der Waals surface area contributed by atoms with Crippen molar-refractivity contribution in [3.8, 4) is 6.01 Å². The summed E-state index contributed by atoms with van der Waals surface area (Å²) in [6, 6.07) is 0.279. The zero-order valence-electron chi connectivity index (χ0n) is 9.66.